The molecule has 0 amide bonds. The molecule has 0 unspecified atom stereocenters. The first-order valence-corrected chi connectivity index (χ1v) is 6.67. The maximum Gasteiger partial charge on any atom is 0.317 e. The fraction of sp³-hybridized carbons (Fsp3) is 0.267. The topological polar surface area (TPSA) is 95.7 Å². The van der Waals surface area contributed by atoms with E-state index in [1.165, 1.54) is 12.3 Å². The van der Waals surface area contributed by atoms with Gasteiger partial charge in [0.05, 0.1) is 12.7 Å². The number of rotatable bonds is 6. The summed E-state index contributed by atoms with van der Waals surface area (Å²) in [5.41, 5.74) is 1.10. The van der Waals surface area contributed by atoms with E-state index in [1.54, 1.807) is 28.9 Å². The highest BCUT2D eigenvalue weighted by Crippen LogP contribution is 2.10. The van der Waals surface area contributed by atoms with E-state index in [-0.39, 0.29) is 18.8 Å². The van der Waals surface area contributed by atoms with Crippen LogP contribution in [0.2, 0.25) is 0 Å². The molecule has 0 aliphatic heterocycles. The van der Waals surface area contributed by atoms with Crippen LogP contribution in [0.25, 0.3) is 0 Å². The molecule has 0 saturated carbocycles. The maximum absolute atomic E-state index is 11.6. The predicted molar refractivity (Wildman–Crippen MR) is 79.7 cm³/mol. The number of carbonyl (C=O) groups is 1. The van der Waals surface area contributed by atoms with Crippen LogP contribution in [0.3, 0.4) is 0 Å². The number of carboxylic acid groups (broad SMARTS) is 1. The number of hydrogen-bond donors (Lipinski definition) is 2. The van der Waals surface area contributed by atoms with Gasteiger partial charge in [-0.2, -0.15) is 0 Å². The van der Waals surface area contributed by atoms with Crippen LogP contribution in [0, 0.1) is 0 Å². The second-order valence-electron chi connectivity index (χ2n) is 5.06. The van der Waals surface area contributed by atoms with Crippen molar-refractivity contribution in [2.45, 2.75) is 13.1 Å². The Balaban J connectivity index is 2.29. The molecule has 2 aromatic heterocycles. The van der Waals surface area contributed by atoms with E-state index in [0.717, 1.165) is 5.56 Å². The lowest BCUT2D eigenvalue weighted by molar-refractivity contribution is -0.138. The molecule has 0 aliphatic rings. The minimum absolute atomic E-state index is 0.135. The molecule has 0 saturated heterocycles. The number of aromatic nitrogens is 2. The average Bonchev–Trinajstić information content (AvgIpc) is 2.44. The van der Waals surface area contributed by atoms with Crippen LogP contribution in [0.4, 0.5) is 0 Å². The summed E-state index contributed by atoms with van der Waals surface area (Å²) in [4.78, 5) is 27.9. The second-order valence-corrected chi connectivity index (χ2v) is 5.06. The van der Waals surface area contributed by atoms with Gasteiger partial charge in [0.2, 0.25) is 5.43 Å². The molecule has 0 atom stereocenters. The summed E-state index contributed by atoms with van der Waals surface area (Å²) in [6, 6.07) is 4.99. The van der Waals surface area contributed by atoms with E-state index in [9.17, 15) is 14.7 Å². The molecule has 0 radical (unpaired) electrons. The number of carboxylic acids is 1. The number of aromatic hydroxyl groups is 1. The zero-order valence-electron chi connectivity index (χ0n) is 12.1. The molecule has 0 fully saturated rings. The minimum atomic E-state index is -0.940. The molecule has 0 aliphatic carbocycles. The first kappa shape index (κ1) is 15.7. The Morgan fingerprint density at radius 1 is 1.36 bits per heavy atom. The van der Waals surface area contributed by atoms with E-state index in [4.69, 9.17) is 5.11 Å². The smallest absolute Gasteiger partial charge is 0.317 e. The van der Waals surface area contributed by atoms with Crippen LogP contribution in [0.1, 0.15) is 11.3 Å². The van der Waals surface area contributed by atoms with Gasteiger partial charge in [0.25, 0.3) is 0 Å². The summed E-state index contributed by atoms with van der Waals surface area (Å²) in [5.74, 6) is -1.27. The highest BCUT2D eigenvalue weighted by molar-refractivity contribution is 5.69. The maximum atomic E-state index is 11.6. The third-order valence-corrected chi connectivity index (χ3v) is 3.14. The standard InChI is InChI=1S/C15H17N3O4/c1-17(10-15(21)22)8-12-6-13(19)14(20)9-18(12)7-11-2-4-16-5-3-11/h2-6,9,20H,7-8,10H2,1H3,(H,21,22). The molecule has 7 nitrogen and oxygen atoms in total. The Morgan fingerprint density at radius 3 is 2.68 bits per heavy atom. The molecule has 0 aromatic carbocycles. The Morgan fingerprint density at radius 2 is 2.05 bits per heavy atom. The van der Waals surface area contributed by atoms with Crippen LogP contribution >= 0.6 is 0 Å². The summed E-state index contributed by atoms with van der Waals surface area (Å²) in [6.45, 7) is 0.601. The van der Waals surface area contributed by atoms with Crippen LogP contribution in [0.15, 0.2) is 41.6 Å². The molecule has 0 spiro atoms. The van der Waals surface area contributed by atoms with E-state index in [0.29, 0.717) is 12.2 Å². The van der Waals surface area contributed by atoms with Crippen molar-refractivity contribution in [3.63, 3.8) is 0 Å². The summed E-state index contributed by atoms with van der Waals surface area (Å²) >= 11 is 0. The fourth-order valence-electron chi connectivity index (χ4n) is 2.13. The van der Waals surface area contributed by atoms with Crippen molar-refractivity contribution in [1.82, 2.24) is 14.5 Å². The highest BCUT2D eigenvalue weighted by Gasteiger charge is 2.11. The SMILES string of the molecule is CN(CC(=O)O)Cc1cc(=O)c(O)cn1Cc1ccncc1. The van der Waals surface area contributed by atoms with Crippen LogP contribution in [-0.2, 0) is 17.9 Å². The van der Waals surface area contributed by atoms with E-state index in [1.807, 2.05) is 12.1 Å². The van der Waals surface area contributed by atoms with Gasteiger partial charge in [-0.15, -0.1) is 0 Å². The molecule has 2 rings (SSSR count). The first-order valence-electron chi connectivity index (χ1n) is 6.67. The second kappa shape index (κ2) is 6.86. The summed E-state index contributed by atoms with van der Waals surface area (Å²) in [6.07, 6.45) is 4.69. The normalized spacial score (nSPS) is 10.8. The van der Waals surface area contributed by atoms with E-state index in [2.05, 4.69) is 4.98 Å². The van der Waals surface area contributed by atoms with Crippen molar-refractivity contribution >= 4 is 5.97 Å². The lowest BCUT2D eigenvalue weighted by Crippen LogP contribution is -2.27. The average molecular weight is 303 g/mol. The van der Waals surface area contributed by atoms with Crippen molar-refractivity contribution in [3.8, 4) is 5.75 Å². The fourth-order valence-corrected chi connectivity index (χ4v) is 2.13. The number of likely N-dealkylation sites (N-methyl/N-ethyl adjacent to an activating group) is 1. The van der Waals surface area contributed by atoms with Crippen molar-refractivity contribution in [1.29, 1.82) is 0 Å². The monoisotopic (exact) mass is 303 g/mol. The zero-order chi connectivity index (χ0) is 16.1. The molecule has 2 aromatic rings. The van der Waals surface area contributed by atoms with Crippen LogP contribution in [-0.4, -0.2) is 44.2 Å². The zero-order valence-corrected chi connectivity index (χ0v) is 12.1. The van der Waals surface area contributed by atoms with Crippen molar-refractivity contribution in [2.75, 3.05) is 13.6 Å². The highest BCUT2D eigenvalue weighted by atomic mass is 16.4. The van der Waals surface area contributed by atoms with Gasteiger partial charge in [0.1, 0.15) is 0 Å². The van der Waals surface area contributed by atoms with E-state index >= 15 is 0 Å². The van der Waals surface area contributed by atoms with Crippen molar-refractivity contribution in [3.05, 3.63) is 58.3 Å². The third-order valence-electron chi connectivity index (χ3n) is 3.14. The minimum Gasteiger partial charge on any atom is -0.503 e. The predicted octanol–water partition coefficient (Wildman–Crippen LogP) is 0.514. The van der Waals surface area contributed by atoms with Gasteiger partial charge in [-0.1, -0.05) is 0 Å². The summed E-state index contributed by atoms with van der Waals surface area (Å²) < 4.78 is 1.73. The summed E-state index contributed by atoms with van der Waals surface area (Å²) in [7, 11) is 1.65. The van der Waals surface area contributed by atoms with Gasteiger partial charge in [0.15, 0.2) is 5.75 Å². The number of pyridine rings is 2. The Bertz CT molecular complexity index is 712. The molecule has 116 valence electrons. The molecule has 2 N–H and O–H groups in total. The third kappa shape index (κ3) is 4.16. The number of aliphatic carboxylic acids is 1. The van der Waals surface area contributed by atoms with Gasteiger partial charge < -0.3 is 14.8 Å². The first-order chi connectivity index (χ1) is 10.5. The van der Waals surface area contributed by atoms with Gasteiger partial charge in [-0.3, -0.25) is 19.5 Å². The molecule has 7 heteroatoms. The quantitative estimate of drug-likeness (QED) is 0.807. The van der Waals surface area contributed by atoms with Crippen LogP contribution in [0.5, 0.6) is 5.75 Å². The lowest BCUT2D eigenvalue weighted by Gasteiger charge is -2.19. The van der Waals surface area contributed by atoms with Crippen molar-refractivity contribution in [2.24, 2.45) is 0 Å². The van der Waals surface area contributed by atoms with Crippen molar-refractivity contribution < 1.29 is 15.0 Å². The largest absolute Gasteiger partial charge is 0.503 e. The lowest BCUT2D eigenvalue weighted by atomic mass is 10.2. The Hall–Kier alpha value is -2.67. The van der Waals surface area contributed by atoms with Gasteiger partial charge in [-0.25, -0.2) is 0 Å². The van der Waals surface area contributed by atoms with Gasteiger partial charge in [0, 0.05) is 37.2 Å². The molecular formula is C15H17N3O4. The Kier molecular flexibility index (Phi) is 4.90. The molecule has 22 heavy (non-hydrogen) atoms. The Labute approximate surface area is 127 Å². The van der Waals surface area contributed by atoms with Gasteiger partial charge >= 0.3 is 5.97 Å². The molecule has 0 bridgehead atoms. The number of nitrogens with zero attached hydrogens (tertiary/aromatic N) is 3. The van der Waals surface area contributed by atoms with Crippen LogP contribution < -0.4 is 5.43 Å². The molecular weight excluding hydrogens is 286 g/mol. The summed E-state index contributed by atoms with van der Waals surface area (Å²) in [5, 5.41) is 18.4. The van der Waals surface area contributed by atoms with Gasteiger partial charge in [-0.05, 0) is 24.7 Å². The number of hydrogen-bond acceptors (Lipinski definition) is 5. The van der Waals surface area contributed by atoms with E-state index < -0.39 is 11.4 Å². The molecule has 2 heterocycles.